The monoisotopic (exact) mass is 422 g/mol. The number of alkyl halides is 3. The van der Waals surface area contributed by atoms with Gasteiger partial charge in [0.2, 0.25) is 0 Å². The lowest BCUT2D eigenvalue weighted by molar-refractivity contribution is -0.258. The van der Waals surface area contributed by atoms with Crippen LogP contribution in [0.5, 0.6) is 0 Å². The zero-order valence-electron chi connectivity index (χ0n) is 14.5. The molecule has 0 amide bonds. The molecular formula is C17H18ClF3N2O3S. The number of anilines is 2. The summed E-state index contributed by atoms with van der Waals surface area (Å²) in [4.78, 5) is -0.211. The second kappa shape index (κ2) is 7.21. The molecule has 2 aromatic carbocycles. The number of nitrogens with two attached hydrogens (primary N) is 1. The number of hydrogen-bond acceptors (Lipinski definition) is 4. The Morgan fingerprint density at radius 2 is 1.70 bits per heavy atom. The van der Waals surface area contributed by atoms with Gasteiger partial charge in [0, 0.05) is 12.2 Å². The summed E-state index contributed by atoms with van der Waals surface area (Å²) in [6.45, 7) is 2.20. The highest BCUT2D eigenvalue weighted by Crippen LogP contribution is 2.39. The second-order valence-corrected chi connectivity index (χ2v) is 8.21. The molecule has 0 aliphatic rings. The Morgan fingerprint density at radius 3 is 2.19 bits per heavy atom. The summed E-state index contributed by atoms with van der Waals surface area (Å²) in [5, 5.41) is 9.70. The molecule has 2 aromatic rings. The molecule has 0 spiro atoms. The van der Waals surface area contributed by atoms with Gasteiger partial charge in [-0.2, -0.15) is 13.2 Å². The molecule has 1 atom stereocenters. The van der Waals surface area contributed by atoms with Crippen molar-refractivity contribution in [1.29, 1.82) is 0 Å². The zero-order valence-corrected chi connectivity index (χ0v) is 16.0. The van der Waals surface area contributed by atoms with Gasteiger partial charge in [-0.25, -0.2) is 8.42 Å². The third-order valence-electron chi connectivity index (χ3n) is 4.08. The van der Waals surface area contributed by atoms with E-state index in [0.29, 0.717) is 6.92 Å². The second-order valence-electron chi connectivity index (χ2n) is 5.98. The predicted molar refractivity (Wildman–Crippen MR) is 98.1 cm³/mol. The molecule has 0 saturated heterocycles. The van der Waals surface area contributed by atoms with Gasteiger partial charge in [-0.3, -0.25) is 4.31 Å². The van der Waals surface area contributed by atoms with Gasteiger partial charge in [0.05, 0.1) is 10.7 Å². The highest BCUT2D eigenvalue weighted by Gasteiger charge is 2.51. The highest BCUT2D eigenvalue weighted by atomic mass is 35.5. The van der Waals surface area contributed by atoms with Crippen LogP contribution in [0.4, 0.5) is 24.5 Å². The van der Waals surface area contributed by atoms with Gasteiger partial charge in [-0.1, -0.05) is 23.7 Å². The first kappa shape index (κ1) is 21.3. The molecule has 0 heterocycles. The Balaban J connectivity index is 2.48. The number of rotatable bonds is 5. The molecule has 0 saturated carbocycles. The van der Waals surface area contributed by atoms with E-state index in [9.17, 15) is 26.7 Å². The number of benzene rings is 2. The van der Waals surface area contributed by atoms with Crippen molar-refractivity contribution < 1.29 is 26.7 Å². The van der Waals surface area contributed by atoms with E-state index >= 15 is 0 Å². The molecule has 0 aliphatic carbocycles. The van der Waals surface area contributed by atoms with E-state index < -0.39 is 27.4 Å². The Morgan fingerprint density at radius 1 is 1.15 bits per heavy atom. The van der Waals surface area contributed by atoms with Gasteiger partial charge < -0.3 is 10.8 Å². The number of hydrogen-bond donors (Lipinski definition) is 2. The molecule has 0 bridgehead atoms. The van der Waals surface area contributed by atoms with Gasteiger partial charge >= 0.3 is 6.18 Å². The minimum atomic E-state index is -4.87. The van der Waals surface area contributed by atoms with Crippen LogP contribution < -0.4 is 10.0 Å². The third kappa shape index (κ3) is 3.99. The molecule has 3 N–H and O–H groups in total. The van der Waals surface area contributed by atoms with Gasteiger partial charge in [0.1, 0.15) is 4.90 Å². The first-order valence-electron chi connectivity index (χ1n) is 7.79. The third-order valence-corrected chi connectivity index (χ3v) is 6.46. The Hall–Kier alpha value is -1.97. The maximum atomic E-state index is 13.0. The fourth-order valence-electron chi connectivity index (χ4n) is 2.44. The van der Waals surface area contributed by atoms with Crippen molar-refractivity contribution in [3.8, 4) is 0 Å². The van der Waals surface area contributed by atoms with E-state index in [-0.39, 0.29) is 27.8 Å². The van der Waals surface area contributed by atoms with Crippen LogP contribution in [0.1, 0.15) is 19.4 Å². The van der Waals surface area contributed by atoms with E-state index in [1.165, 1.54) is 30.3 Å². The summed E-state index contributed by atoms with van der Waals surface area (Å²) in [6, 6.07) is 8.45. The van der Waals surface area contributed by atoms with Crippen molar-refractivity contribution in [2.24, 2.45) is 0 Å². The minimum Gasteiger partial charge on any atom is -0.399 e. The quantitative estimate of drug-likeness (QED) is 0.715. The smallest absolute Gasteiger partial charge is 0.399 e. The average molecular weight is 423 g/mol. The molecule has 2 rings (SSSR count). The maximum Gasteiger partial charge on any atom is 0.421 e. The summed E-state index contributed by atoms with van der Waals surface area (Å²) >= 11 is 5.99. The van der Waals surface area contributed by atoms with Gasteiger partial charge in [-0.05, 0) is 49.7 Å². The van der Waals surface area contributed by atoms with Crippen molar-refractivity contribution in [2.45, 2.75) is 30.5 Å². The van der Waals surface area contributed by atoms with Crippen molar-refractivity contribution in [2.75, 3.05) is 16.6 Å². The average Bonchev–Trinajstić information content (AvgIpc) is 2.57. The molecule has 0 radical (unpaired) electrons. The highest BCUT2D eigenvalue weighted by molar-refractivity contribution is 7.93. The fourth-order valence-corrected chi connectivity index (χ4v) is 4.43. The van der Waals surface area contributed by atoms with Gasteiger partial charge in [0.25, 0.3) is 10.0 Å². The van der Waals surface area contributed by atoms with Crippen molar-refractivity contribution in [3.63, 3.8) is 0 Å². The molecule has 27 heavy (non-hydrogen) atoms. The molecule has 148 valence electrons. The standard InChI is InChI=1S/C17H18ClF3N2O3S/c1-3-23(27(25,26)15-10-12(22)6-9-14(15)18)13-7-4-11(5-8-13)16(2,24)17(19,20)21/h4-10,24H,3,22H2,1-2H3. The van der Waals surface area contributed by atoms with Gasteiger partial charge in [0.15, 0.2) is 5.60 Å². The number of nitrogen functional groups attached to an aromatic ring is 1. The van der Waals surface area contributed by atoms with Crippen LogP contribution in [0.2, 0.25) is 5.02 Å². The Labute approximate surface area is 160 Å². The summed E-state index contributed by atoms with van der Waals surface area (Å²) in [5.74, 6) is 0. The molecule has 0 fully saturated rings. The van der Waals surface area contributed by atoms with E-state index in [0.717, 1.165) is 16.4 Å². The molecule has 0 aromatic heterocycles. The largest absolute Gasteiger partial charge is 0.421 e. The SMILES string of the molecule is CCN(c1ccc(C(C)(O)C(F)(F)F)cc1)S(=O)(=O)c1cc(N)ccc1Cl. The molecule has 0 aliphatic heterocycles. The zero-order chi connectivity index (χ0) is 20.6. The summed E-state index contributed by atoms with van der Waals surface area (Å²) in [7, 11) is -4.10. The van der Waals surface area contributed by atoms with Crippen molar-refractivity contribution in [1.82, 2.24) is 0 Å². The lowest BCUT2D eigenvalue weighted by atomic mass is 9.95. The van der Waals surface area contributed by atoms with Crippen molar-refractivity contribution in [3.05, 3.63) is 53.1 Å². The normalized spacial score (nSPS) is 14.6. The van der Waals surface area contributed by atoms with Crippen LogP contribution in [0.25, 0.3) is 0 Å². The topological polar surface area (TPSA) is 83.6 Å². The van der Waals surface area contributed by atoms with Crippen LogP contribution in [0.15, 0.2) is 47.4 Å². The van der Waals surface area contributed by atoms with E-state index in [4.69, 9.17) is 17.3 Å². The van der Waals surface area contributed by atoms with E-state index in [1.54, 1.807) is 6.92 Å². The summed E-state index contributed by atoms with van der Waals surface area (Å²) in [6.07, 6.45) is -4.87. The van der Waals surface area contributed by atoms with E-state index in [2.05, 4.69) is 0 Å². The van der Waals surface area contributed by atoms with Crippen LogP contribution in [-0.2, 0) is 15.6 Å². The van der Waals surface area contributed by atoms with Crippen molar-refractivity contribution >= 4 is 33.0 Å². The number of nitrogens with zero attached hydrogens (tertiary/aromatic N) is 1. The summed E-state index contributed by atoms with van der Waals surface area (Å²) in [5.41, 5.74) is 2.49. The van der Waals surface area contributed by atoms with Crippen LogP contribution >= 0.6 is 11.6 Å². The lowest BCUT2D eigenvalue weighted by Gasteiger charge is -2.28. The number of aliphatic hydroxyl groups is 1. The Bertz CT molecular complexity index is 929. The molecule has 10 heteroatoms. The number of halogens is 4. The molecule has 1 unspecified atom stereocenters. The summed E-state index contributed by atoms with van der Waals surface area (Å²) < 4.78 is 65.7. The predicted octanol–water partition coefficient (Wildman–Crippen LogP) is 3.91. The molecular weight excluding hydrogens is 405 g/mol. The van der Waals surface area contributed by atoms with Gasteiger partial charge in [-0.15, -0.1) is 0 Å². The fraction of sp³-hybridized carbons (Fsp3) is 0.294. The molecule has 5 nitrogen and oxygen atoms in total. The Kier molecular flexibility index (Phi) is 5.70. The van der Waals surface area contributed by atoms with E-state index in [1.807, 2.05) is 0 Å². The first-order valence-corrected chi connectivity index (χ1v) is 9.61. The first-order chi connectivity index (χ1) is 12.3. The van der Waals surface area contributed by atoms with Crippen LogP contribution in [-0.4, -0.2) is 26.2 Å². The number of sulfonamides is 1. The van der Waals surface area contributed by atoms with Crippen LogP contribution in [0, 0.1) is 0 Å². The van der Waals surface area contributed by atoms with Crippen LogP contribution in [0.3, 0.4) is 0 Å². The maximum absolute atomic E-state index is 13.0. The lowest BCUT2D eigenvalue weighted by Crippen LogP contribution is -2.39. The minimum absolute atomic E-state index is 0.00245.